The molecule has 8 atom stereocenters. The average Bonchev–Trinajstić information content (AvgIpc) is 3.72. The third-order valence-electron chi connectivity index (χ3n) is 10.3. The molecular weight excluding hydrogens is 1030 g/mol. The highest BCUT2D eigenvalue weighted by Crippen LogP contribution is 2.33. The minimum Gasteiger partial charge on any atom is -0.491 e. The molecule has 344 valence electrons. The largest absolute Gasteiger partial charge is 0.491 e. The molecule has 2 aliphatic heterocycles. The lowest BCUT2D eigenvalue weighted by Gasteiger charge is -2.21. The minimum atomic E-state index is -4.44. The number of alkyl halides is 6. The zero-order valence-electron chi connectivity index (χ0n) is 34.9. The van der Waals surface area contributed by atoms with Gasteiger partial charge < -0.3 is 35.2 Å². The molecule has 0 amide bonds. The van der Waals surface area contributed by atoms with Gasteiger partial charge in [0.15, 0.2) is 0 Å². The maximum atomic E-state index is 12.8. The number of rotatable bonds is 20. The van der Waals surface area contributed by atoms with E-state index in [1.165, 1.54) is 24.3 Å². The monoisotopic (exact) mass is 1090 g/mol. The van der Waals surface area contributed by atoms with Crippen molar-refractivity contribution in [3.63, 3.8) is 0 Å². The number of hydrogen-bond donors (Lipinski definition) is 5. The number of halogens is 8. The topological polar surface area (TPSA) is 115 Å². The van der Waals surface area contributed by atoms with Crippen molar-refractivity contribution in [1.82, 2.24) is 10.2 Å². The molecule has 4 rings (SSSR count). The third kappa shape index (κ3) is 20.9. The molecule has 2 aromatic rings. The summed E-state index contributed by atoms with van der Waals surface area (Å²) in [5, 5.41) is 44.0. The summed E-state index contributed by atoms with van der Waals surface area (Å²) in [5.74, 6) is 0.152. The summed E-state index contributed by atoms with van der Waals surface area (Å²) in [6.07, 6.45) is 11.7. The van der Waals surface area contributed by atoms with E-state index in [9.17, 15) is 46.8 Å². The second-order valence-corrected chi connectivity index (χ2v) is 15.1. The fraction of sp³-hybridized carbons (Fsp3) is 0.556. The summed E-state index contributed by atoms with van der Waals surface area (Å²) in [6, 6.07) is 9.04. The Morgan fingerprint density at radius 2 is 1.21 bits per heavy atom. The van der Waals surface area contributed by atoms with Crippen molar-refractivity contribution < 1.29 is 56.2 Å². The Kier molecular flexibility index (Phi) is 26.4. The van der Waals surface area contributed by atoms with E-state index in [1.54, 1.807) is 18.2 Å². The Balaban J connectivity index is 0.000000404. The van der Waals surface area contributed by atoms with Gasteiger partial charge in [0.2, 0.25) is 0 Å². The predicted octanol–water partition coefficient (Wildman–Crippen LogP) is 10.3. The van der Waals surface area contributed by atoms with E-state index in [-0.39, 0.29) is 48.6 Å². The maximum Gasteiger partial charge on any atom is 0.416 e. The third-order valence-corrected chi connectivity index (χ3v) is 10.3. The number of aliphatic hydroxyl groups excluding tert-OH is 4. The number of benzene rings is 2. The molecule has 5 N–H and O–H groups in total. The van der Waals surface area contributed by atoms with Gasteiger partial charge in [-0.2, -0.15) is 26.3 Å². The average molecular weight is 1090 g/mol. The number of hydrogen-bond acceptors (Lipinski definition) is 8. The lowest BCUT2D eigenvalue weighted by atomic mass is 9.93. The van der Waals surface area contributed by atoms with E-state index < -0.39 is 47.9 Å². The standard InChI is InChI=1S/C23H32F3NO3.C22H30F3NO3.I2/c1-3-4-5-6-7-11-20-21(27(2)15-22(20)29)13-12-18(28)16-30-19-10-8-9-17(14-19)23(24,25)26;1-2-3-4-5-6-10-19-20(26-14-21(19)28)12-11-17(27)15-29-18-9-7-8-16(13-18)22(23,24)25;1-2/h6-10,12-14,18,20-22,28-29H,3-5,11,15-16H2,1-2H3;5-9,11-13,17,19-21,26-28H,2-4,10,14-15H2,1H3;/b7-6-,13-12+;6-5-,12-11+;/t18?,20-,21-,22?;17?,19-,20-,21?;/m11./s1. The van der Waals surface area contributed by atoms with E-state index in [4.69, 9.17) is 9.47 Å². The molecule has 0 aliphatic carbocycles. The van der Waals surface area contributed by atoms with Crippen LogP contribution >= 0.6 is 37.2 Å². The maximum absolute atomic E-state index is 12.8. The lowest BCUT2D eigenvalue weighted by Crippen LogP contribution is -2.28. The zero-order chi connectivity index (χ0) is 45.4. The van der Waals surface area contributed by atoms with Crippen LogP contribution in [0, 0.1) is 11.8 Å². The van der Waals surface area contributed by atoms with Crippen LogP contribution in [-0.2, 0) is 12.4 Å². The van der Waals surface area contributed by atoms with Gasteiger partial charge in [0.25, 0.3) is 0 Å². The highest BCUT2D eigenvalue weighted by Gasteiger charge is 2.37. The number of nitrogens with zero attached hydrogens (tertiary/aromatic N) is 1. The molecular formula is C45H62F6I2N2O6. The van der Waals surface area contributed by atoms with Crippen LogP contribution in [0.3, 0.4) is 0 Å². The second kappa shape index (κ2) is 29.3. The quantitative estimate of drug-likeness (QED) is 0.0386. The molecule has 0 aromatic heterocycles. The zero-order valence-corrected chi connectivity index (χ0v) is 39.2. The van der Waals surface area contributed by atoms with Gasteiger partial charge in [-0.05, 0) is 69.1 Å². The first-order chi connectivity index (χ1) is 29.0. The van der Waals surface area contributed by atoms with E-state index in [0.29, 0.717) is 13.1 Å². The lowest BCUT2D eigenvalue weighted by molar-refractivity contribution is -0.138. The molecule has 0 spiro atoms. The summed E-state index contributed by atoms with van der Waals surface area (Å²) >= 11 is 4.24. The summed E-state index contributed by atoms with van der Waals surface area (Å²) in [5.41, 5.74) is -1.58. The molecule has 16 heteroatoms. The number of allylic oxidation sites excluding steroid dienone is 4. The van der Waals surface area contributed by atoms with Crippen LogP contribution in [0.25, 0.3) is 0 Å². The molecule has 2 heterocycles. The smallest absolute Gasteiger partial charge is 0.416 e. The Morgan fingerprint density at radius 1 is 0.738 bits per heavy atom. The van der Waals surface area contributed by atoms with Gasteiger partial charge in [-0.3, -0.25) is 4.90 Å². The van der Waals surface area contributed by atoms with Crippen molar-refractivity contribution >= 4 is 37.2 Å². The van der Waals surface area contributed by atoms with Gasteiger partial charge in [0.1, 0.15) is 36.9 Å². The van der Waals surface area contributed by atoms with Gasteiger partial charge in [0.05, 0.1) is 23.3 Å². The van der Waals surface area contributed by atoms with Gasteiger partial charge in [-0.1, -0.05) is 100 Å². The molecule has 0 saturated carbocycles. The summed E-state index contributed by atoms with van der Waals surface area (Å²) < 4.78 is 87.1. The number of unbranched alkanes of at least 4 members (excludes halogenated alkanes) is 4. The second-order valence-electron chi connectivity index (χ2n) is 15.1. The normalized spacial score (nSPS) is 23.3. The molecule has 8 nitrogen and oxygen atoms in total. The van der Waals surface area contributed by atoms with Crippen molar-refractivity contribution in [1.29, 1.82) is 0 Å². The van der Waals surface area contributed by atoms with Crippen LogP contribution in [0.1, 0.15) is 76.3 Å². The Hall–Kier alpha value is -2.20. The number of β-amino-alcohol motifs (C(OH)–C–C–N with tert-alkyl or cyclic N) is 2. The SMILES string of the molecule is CCCC/C=C\C[C@H]1C(O)CN(C)[C@@H]1/C=C/C(O)COc1cccc(C(F)(F)F)c1.CCCC/C=C\C[C@H]1C(O)CN[C@@H]1/C=C/C(O)COc1cccc(C(F)(F)F)c1.II. The van der Waals surface area contributed by atoms with Crippen molar-refractivity contribution in [3.05, 3.63) is 108 Å². The van der Waals surface area contributed by atoms with Gasteiger partial charge in [-0.25, -0.2) is 0 Å². The van der Waals surface area contributed by atoms with E-state index in [2.05, 4.69) is 80.7 Å². The van der Waals surface area contributed by atoms with Gasteiger partial charge in [-0.15, -0.1) is 0 Å². The van der Waals surface area contributed by atoms with Crippen LogP contribution < -0.4 is 14.8 Å². The highest BCUT2D eigenvalue weighted by molar-refractivity contribution is 15.0. The highest BCUT2D eigenvalue weighted by atomic mass is 128. The van der Waals surface area contributed by atoms with Crippen molar-refractivity contribution in [2.24, 2.45) is 11.8 Å². The Labute approximate surface area is 380 Å². The van der Waals surface area contributed by atoms with Crippen molar-refractivity contribution in [2.75, 3.05) is 33.4 Å². The van der Waals surface area contributed by atoms with Crippen LogP contribution in [-0.4, -0.2) is 95.2 Å². The number of nitrogens with one attached hydrogen (secondary N) is 1. The fourth-order valence-corrected chi connectivity index (χ4v) is 6.88. The van der Waals surface area contributed by atoms with Gasteiger partial charge in [0, 0.05) is 74.2 Å². The van der Waals surface area contributed by atoms with Crippen LogP contribution in [0.5, 0.6) is 11.5 Å². The summed E-state index contributed by atoms with van der Waals surface area (Å²) in [6.45, 7) is 5.01. The molecule has 2 saturated heterocycles. The van der Waals surface area contributed by atoms with Crippen LogP contribution in [0.4, 0.5) is 26.3 Å². The molecule has 61 heavy (non-hydrogen) atoms. The van der Waals surface area contributed by atoms with E-state index >= 15 is 0 Å². The molecule has 2 aromatic carbocycles. The minimum absolute atomic E-state index is 0.0145. The molecule has 2 fully saturated rings. The fourth-order valence-electron chi connectivity index (χ4n) is 6.88. The Bertz CT molecular complexity index is 1630. The van der Waals surface area contributed by atoms with E-state index in [1.807, 2.05) is 18.0 Å². The number of aliphatic hydroxyl groups is 4. The van der Waals surface area contributed by atoms with Gasteiger partial charge >= 0.3 is 12.4 Å². The van der Waals surface area contributed by atoms with Crippen molar-refractivity contribution in [2.45, 2.75) is 114 Å². The number of ether oxygens (including phenoxy) is 2. The number of likely N-dealkylation sites (N-methyl/N-ethyl adjacent to an activating group) is 1. The van der Waals surface area contributed by atoms with E-state index in [0.717, 1.165) is 75.6 Å². The van der Waals surface area contributed by atoms with Crippen LogP contribution in [0.15, 0.2) is 97.1 Å². The Morgan fingerprint density at radius 3 is 1.69 bits per heavy atom. The number of likely N-dealkylation sites (tertiary alicyclic amines) is 1. The predicted molar refractivity (Wildman–Crippen MR) is 246 cm³/mol. The molecule has 0 radical (unpaired) electrons. The first kappa shape index (κ1) is 54.9. The first-order valence-corrected chi connectivity index (χ1v) is 26.9. The van der Waals surface area contributed by atoms with Crippen molar-refractivity contribution in [3.8, 4) is 11.5 Å². The molecule has 0 bridgehead atoms. The summed E-state index contributed by atoms with van der Waals surface area (Å²) in [7, 11) is 1.92. The molecule has 2 aliphatic rings. The first-order valence-electron chi connectivity index (χ1n) is 20.6. The van der Waals surface area contributed by atoms with Crippen LogP contribution in [0.2, 0.25) is 0 Å². The summed E-state index contributed by atoms with van der Waals surface area (Å²) in [4.78, 5) is 2.03. The molecule has 4 unspecified atom stereocenters.